The Labute approximate surface area is 175 Å². The molecule has 0 bridgehead atoms. The highest BCUT2D eigenvalue weighted by molar-refractivity contribution is 8.01. The summed E-state index contributed by atoms with van der Waals surface area (Å²) in [7, 11) is 0. The minimum Gasteiger partial charge on any atom is -0.365 e. The van der Waals surface area contributed by atoms with Crippen molar-refractivity contribution >= 4 is 51.3 Å². The monoisotopic (exact) mass is 429 g/mol. The Morgan fingerprint density at radius 2 is 2.04 bits per heavy atom. The zero-order valence-electron chi connectivity index (χ0n) is 15.3. The summed E-state index contributed by atoms with van der Waals surface area (Å²) >= 11 is 4.39. The SMILES string of the molecule is Cc1ccc(-c2csc(SCC(=O)Nc3sc4c(c3C(N)=O)CCC4)n2)cc1. The maximum Gasteiger partial charge on any atom is 0.251 e. The van der Waals surface area contributed by atoms with Crippen molar-refractivity contribution in [2.45, 2.75) is 30.5 Å². The minimum atomic E-state index is -0.468. The van der Waals surface area contributed by atoms with Gasteiger partial charge in [0.05, 0.1) is 17.0 Å². The van der Waals surface area contributed by atoms with Gasteiger partial charge in [0.1, 0.15) is 5.00 Å². The van der Waals surface area contributed by atoms with Crippen LogP contribution >= 0.6 is 34.4 Å². The number of aromatic nitrogens is 1. The second-order valence-electron chi connectivity index (χ2n) is 6.63. The van der Waals surface area contributed by atoms with Crippen molar-refractivity contribution < 1.29 is 9.59 Å². The lowest BCUT2D eigenvalue weighted by molar-refractivity contribution is -0.113. The fourth-order valence-corrected chi connectivity index (χ4v) is 6.17. The van der Waals surface area contributed by atoms with Crippen LogP contribution in [0.25, 0.3) is 11.3 Å². The molecule has 1 aliphatic rings. The second kappa shape index (κ2) is 8.06. The number of hydrogen-bond acceptors (Lipinski definition) is 6. The maximum atomic E-state index is 12.4. The molecule has 2 aromatic heterocycles. The van der Waals surface area contributed by atoms with Crippen molar-refractivity contribution in [3.8, 4) is 11.3 Å². The molecular weight excluding hydrogens is 410 g/mol. The standard InChI is InChI=1S/C20H19N3O2S3/c1-11-5-7-12(8-6-11)14-9-26-20(22-14)27-10-16(24)23-19-17(18(21)25)13-3-2-4-15(13)28-19/h5-9H,2-4,10H2,1H3,(H2,21,25)(H,23,24). The molecule has 3 N–H and O–H groups in total. The summed E-state index contributed by atoms with van der Waals surface area (Å²) in [6.07, 6.45) is 2.85. The summed E-state index contributed by atoms with van der Waals surface area (Å²) in [4.78, 5) is 30.0. The van der Waals surface area contributed by atoms with Gasteiger partial charge in [0, 0.05) is 15.8 Å². The number of aryl methyl sites for hydroxylation is 2. The van der Waals surface area contributed by atoms with E-state index in [9.17, 15) is 9.59 Å². The molecule has 0 fully saturated rings. The van der Waals surface area contributed by atoms with E-state index in [1.165, 1.54) is 44.9 Å². The summed E-state index contributed by atoms with van der Waals surface area (Å²) in [6, 6.07) is 8.22. The van der Waals surface area contributed by atoms with E-state index in [-0.39, 0.29) is 11.7 Å². The van der Waals surface area contributed by atoms with Gasteiger partial charge in [0.25, 0.3) is 5.91 Å². The van der Waals surface area contributed by atoms with E-state index in [0.29, 0.717) is 10.6 Å². The lowest BCUT2D eigenvalue weighted by Gasteiger charge is -2.05. The quantitative estimate of drug-likeness (QED) is 0.565. The lowest BCUT2D eigenvalue weighted by Crippen LogP contribution is -2.18. The zero-order chi connectivity index (χ0) is 19.7. The molecule has 5 nitrogen and oxygen atoms in total. The molecule has 0 saturated heterocycles. The number of nitrogens with two attached hydrogens (primary N) is 1. The van der Waals surface area contributed by atoms with Gasteiger partial charge < -0.3 is 11.1 Å². The molecule has 0 aliphatic heterocycles. The molecule has 2 heterocycles. The van der Waals surface area contributed by atoms with E-state index in [2.05, 4.69) is 29.4 Å². The van der Waals surface area contributed by atoms with Crippen molar-refractivity contribution in [2.75, 3.05) is 11.1 Å². The van der Waals surface area contributed by atoms with Gasteiger partial charge >= 0.3 is 0 Å². The molecule has 0 unspecified atom stereocenters. The number of nitrogens with zero attached hydrogens (tertiary/aromatic N) is 1. The van der Waals surface area contributed by atoms with Gasteiger partial charge in [-0.15, -0.1) is 22.7 Å². The van der Waals surface area contributed by atoms with Crippen molar-refractivity contribution in [3.63, 3.8) is 0 Å². The number of fused-ring (bicyclic) bond motifs is 1. The summed E-state index contributed by atoms with van der Waals surface area (Å²) in [6.45, 7) is 2.05. The topological polar surface area (TPSA) is 85.1 Å². The molecule has 0 atom stereocenters. The Morgan fingerprint density at radius 1 is 1.25 bits per heavy atom. The number of benzene rings is 1. The third kappa shape index (κ3) is 3.99. The number of thioether (sulfide) groups is 1. The number of nitrogens with one attached hydrogen (secondary N) is 1. The molecule has 3 aromatic rings. The predicted molar refractivity (Wildman–Crippen MR) is 117 cm³/mol. The average Bonchev–Trinajstić information content (AvgIpc) is 3.36. The molecule has 0 spiro atoms. The van der Waals surface area contributed by atoms with Crippen molar-refractivity contribution in [1.29, 1.82) is 0 Å². The van der Waals surface area contributed by atoms with E-state index < -0.39 is 5.91 Å². The van der Waals surface area contributed by atoms with Crippen molar-refractivity contribution in [3.05, 3.63) is 51.2 Å². The van der Waals surface area contributed by atoms with Crippen LogP contribution in [0.2, 0.25) is 0 Å². The summed E-state index contributed by atoms with van der Waals surface area (Å²) in [5, 5.41) is 5.46. The Bertz CT molecular complexity index is 1040. The molecule has 8 heteroatoms. The molecule has 2 amide bonds. The fourth-order valence-electron chi connectivity index (χ4n) is 3.22. The number of carbonyl (C=O) groups is 2. The normalized spacial score (nSPS) is 12.8. The van der Waals surface area contributed by atoms with Crippen LogP contribution in [0, 0.1) is 6.92 Å². The first kappa shape index (κ1) is 19.2. The van der Waals surface area contributed by atoms with E-state index in [0.717, 1.165) is 40.4 Å². The molecule has 4 rings (SSSR count). The summed E-state index contributed by atoms with van der Waals surface area (Å²) < 4.78 is 0.842. The molecular formula is C20H19N3O2S3. The van der Waals surface area contributed by atoms with Crippen LogP contribution in [0.4, 0.5) is 5.00 Å². The molecule has 1 aromatic carbocycles. The first-order chi connectivity index (χ1) is 13.5. The highest BCUT2D eigenvalue weighted by Gasteiger charge is 2.26. The average molecular weight is 430 g/mol. The van der Waals surface area contributed by atoms with Gasteiger partial charge in [0.2, 0.25) is 5.91 Å². The second-order valence-corrected chi connectivity index (χ2v) is 9.81. The molecule has 1 aliphatic carbocycles. The number of thiazole rings is 1. The number of rotatable bonds is 6. The number of primary amides is 1. The van der Waals surface area contributed by atoms with E-state index >= 15 is 0 Å². The largest absolute Gasteiger partial charge is 0.365 e. The lowest BCUT2D eigenvalue weighted by atomic mass is 10.1. The van der Waals surface area contributed by atoms with Crippen LogP contribution in [-0.2, 0) is 17.6 Å². The number of anilines is 1. The fraction of sp³-hybridized carbons (Fsp3) is 0.250. The van der Waals surface area contributed by atoms with Gasteiger partial charge in [-0.3, -0.25) is 9.59 Å². The third-order valence-corrected chi connectivity index (χ3v) is 7.81. The van der Waals surface area contributed by atoms with Gasteiger partial charge in [-0.1, -0.05) is 41.6 Å². The number of hydrogen-bond donors (Lipinski definition) is 2. The smallest absolute Gasteiger partial charge is 0.251 e. The van der Waals surface area contributed by atoms with Crippen LogP contribution in [0.1, 0.15) is 32.8 Å². The highest BCUT2D eigenvalue weighted by atomic mass is 32.2. The first-order valence-corrected chi connectivity index (χ1v) is 11.6. The molecule has 0 saturated carbocycles. The Balaban J connectivity index is 1.39. The van der Waals surface area contributed by atoms with Crippen LogP contribution < -0.4 is 11.1 Å². The van der Waals surface area contributed by atoms with Gasteiger partial charge in [0.15, 0.2) is 4.34 Å². The summed E-state index contributed by atoms with van der Waals surface area (Å²) in [5.41, 5.74) is 10.2. The Morgan fingerprint density at radius 3 is 2.79 bits per heavy atom. The molecule has 0 radical (unpaired) electrons. The van der Waals surface area contributed by atoms with E-state index in [1.54, 1.807) is 0 Å². The highest BCUT2D eigenvalue weighted by Crippen LogP contribution is 2.39. The third-order valence-electron chi connectivity index (χ3n) is 4.58. The number of amides is 2. The van der Waals surface area contributed by atoms with Crippen LogP contribution in [0.3, 0.4) is 0 Å². The Kier molecular flexibility index (Phi) is 5.52. The Hall–Kier alpha value is -2.16. The van der Waals surface area contributed by atoms with Crippen molar-refractivity contribution in [2.24, 2.45) is 5.73 Å². The van der Waals surface area contributed by atoms with Gasteiger partial charge in [-0.05, 0) is 31.7 Å². The van der Waals surface area contributed by atoms with E-state index in [1.807, 2.05) is 17.5 Å². The van der Waals surface area contributed by atoms with Gasteiger partial charge in [-0.25, -0.2) is 4.98 Å². The predicted octanol–water partition coefficient (Wildman–Crippen LogP) is 4.50. The van der Waals surface area contributed by atoms with Crippen LogP contribution in [-0.4, -0.2) is 22.6 Å². The zero-order valence-corrected chi connectivity index (χ0v) is 17.7. The summed E-state index contributed by atoms with van der Waals surface area (Å²) in [5.74, 6) is -0.383. The van der Waals surface area contributed by atoms with E-state index in [4.69, 9.17) is 5.73 Å². The van der Waals surface area contributed by atoms with Crippen LogP contribution in [0.5, 0.6) is 0 Å². The number of thiophene rings is 1. The molecule has 28 heavy (non-hydrogen) atoms. The van der Waals surface area contributed by atoms with Crippen molar-refractivity contribution in [1.82, 2.24) is 4.98 Å². The maximum absolute atomic E-state index is 12.4. The minimum absolute atomic E-state index is 0.153. The number of carbonyl (C=O) groups excluding carboxylic acids is 2. The first-order valence-electron chi connectivity index (χ1n) is 8.91. The molecule has 144 valence electrons. The van der Waals surface area contributed by atoms with Crippen LogP contribution in [0.15, 0.2) is 34.0 Å². The van der Waals surface area contributed by atoms with Gasteiger partial charge in [-0.2, -0.15) is 0 Å².